The van der Waals surface area contributed by atoms with Gasteiger partial charge in [0.25, 0.3) is 0 Å². The standard InChI is InChI=1S/C12H16FN/c1-9-2-3-10(11(13)8-9)12(4-5-12)6-7-14/h2-3,8H,4-7,14H2,1H3. The van der Waals surface area contributed by atoms with Crippen molar-refractivity contribution in [2.45, 2.75) is 31.6 Å². The van der Waals surface area contributed by atoms with Gasteiger partial charge >= 0.3 is 0 Å². The molecule has 0 atom stereocenters. The Morgan fingerprint density at radius 1 is 1.43 bits per heavy atom. The van der Waals surface area contributed by atoms with Crippen LogP contribution in [-0.4, -0.2) is 6.54 Å². The van der Waals surface area contributed by atoms with Gasteiger partial charge in [0, 0.05) is 0 Å². The third kappa shape index (κ3) is 1.55. The van der Waals surface area contributed by atoms with Crippen LogP contribution in [0.25, 0.3) is 0 Å². The van der Waals surface area contributed by atoms with Crippen molar-refractivity contribution in [2.75, 3.05) is 6.54 Å². The van der Waals surface area contributed by atoms with Crippen LogP contribution in [0.1, 0.15) is 30.4 Å². The van der Waals surface area contributed by atoms with Gasteiger partial charge in [-0.3, -0.25) is 0 Å². The molecule has 2 heteroatoms. The minimum absolute atomic E-state index is 0.0593. The summed E-state index contributed by atoms with van der Waals surface area (Å²) in [5, 5.41) is 0. The molecule has 14 heavy (non-hydrogen) atoms. The zero-order valence-electron chi connectivity index (χ0n) is 8.52. The largest absolute Gasteiger partial charge is 0.330 e. The topological polar surface area (TPSA) is 26.0 Å². The van der Waals surface area contributed by atoms with Gasteiger partial charge in [0.1, 0.15) is 5.82 Å². The maximum atomic E-state index is 13.7. The molecule has 0 aromatic heterocycles. The molecule has 1 aliphatic carbocycles. The first-order chi connectivity index (χ1) is 6.68. The molecule has 0 unspecified atom stereocenters. The summed E-state index contributed by atoms with van der Waals surface area (Å²) in [5.41, 5.74) is 7.48. The van der Waals surface area contributed by atoms with E-state index in [0.29, 0.717) is 6.54 Å². The Balaban J connectivity index is 2.32. The van der Waals surface area contributed by atoms with Gasteiger partial charge in [-0.1, -0.05) is 12.1 Å². The van der Waals surface area contributed by atoms with Crippen molar-refractivity contribution in [1.29, 1.82) is 0 Å². The molecule has 0 amide bonds. The first kappa shape index (κ1) is 9.66. The van der Waals surface area contributed by atoms with E-state index in [1.54, 1.807) is 6.07 Å². The summed E-state index contributed by atoms with van der Waals surface area (Å²) in [6, 6.07) is 5.52. The minimum Gasteiger partial charge on any atom is -0.330 e. The maximum Gasteiger partial charge on any atom is 0.127 e. The second-order valence-corrected chi connectivity index (χ2v) is 4.30. The lowest BCUT2D eigenvalue weighted by Gasteiger charge is -2.15. The van der Waals surface area contributed by atoms with Crippen molar-refractivity contribution in [3.05, 3.63) is 35.1 Å². The van der Waals surface area contributed by atoms with Gasteiger partial charge in [-0.25, -0.2) is 4.39 Å². The van der Waals surface area contributed by atoms with Crippen molar-refractivity contribution >= 4 is 0 Å². The average Bonchev–Trinajstić information content (AvgIpc) is 2.86. The van der Waals surface area contributed by atoms with E-state index in [4.69, 9.17) is 5.73 Å². The molecule has 0 heterocycles. The molecule has 2 N–H and O–H groups in total. The monoisotopic (exact) mass is 193 g/mol. The summed E-state index contributed by atoms with van der Waals surface area (Å²) >= 11 is 0. The van der Waals surface area contributed by atoms with Gasteiger partial charge in [0.05, 0.1) is 0 Å². The molecule has 76 valence electrons. The molecule has 1 fully saturated rings. The van der Waals surface area contributed by atoms with Crippen LogP contribution in [0, 0.1) is 12.7 Å². The summed E-state index contributed by atoms with van der Waals surface area (Å²) in [5.74, 6) is -0.0593. The molecular formula is C12H16FN. The molecule has 1 aromatic carbocycles. The van der Waals surface area contributed by atoms with Crippen LogP contribution in [0.4, 0.5) is 4.39 Å². The van der Waals surface area contributed by atoms with Gasteiger partial charge in [-0.15, -0.1) is 0 Å². The molecule has 0 saturated heterocycles. The van der Waals surface area contributed by atoms with Crippen molar-refractivity contribution in [1.82, 2.24) is 0 Å². The maximum absolute atomic E-state index is 13.7. The Kier molecular flexibility index (Phi) is 2.31. The summed E-state index contributed by atoms with van der Waals surface area (Å²) in [7, 11) is 0. The Labute approximate surface area is 84.1 Å². The van der Waals surface area contributed by atoms with Crippen LogP contribution >= 0.6 is 0 Å². The summed E-state index contributed by atoms with van der Waals surface area (Å²) in [6.07, 6.45) is 3.08. The lowest BCUT2D eigenvalue weighted by molar-refractivity contribution is 0.549. The highest BCUT2D eigenvalue weighted by molar-refractivity contribution is 5.34. The zero-order valence-corrected chi connectivity index (χ0v) is 8.52. The molecule has 1 nitrogen and oxygen atoms in total. The fraction of sp³-hybridized carbons (Fsp3) is 0.500. The fourth-order valence-electron chi connectivity index (χ4n) is 2.13. The first-order valence-electron chi connectivity index (χ1n) is 5.15. The van der Waals surface area contributed by atoms with E-state index < -0.39 is 0 Å². The quantitative estimate of drug-likeness (QED) is 0.784. The van der Waals surface area contributed by atoms with Crippen LogP contribution in [0.5, 0.6) is 0 Å². The van der Waals surface area contributed by atoms with Crippen LogP contribution < -0.4 is 5.73 Å². The summed E-state index contributed by atoms with van der Waals surface area (Å²) in [4.78, 5) is 0. The van der Waals surface area contributed by atoms with Crippen LogP contribution in [-0.2, 0) is 5.41 Å². The van der Waals surface area contributed by atoms with Crippen molar-refractivity contribution < 1.29 is 4.39 Å². The molecule has 1 aliphatic rings. The van der Waals surface area contributed by atoms with E-state index in [1.807, 2.05) is 19.1 Å². The molecule has 1 saturated carbocycles. The predicted octanol–water partition coefficient (Wildman–Crippen LogP) is 2.51. The van der Waals surface area contributed by atoms with Crippen molar-refractivity contribution in [3.63, 3.8) is 0 Å². The van der Waals surface area contributed by atoms with Gasteiger partial charge in [0.15, 0.2) is 0 Å². The number of rotatable bonds is 3. The Morgan fingerprint density at radius 3 is 2.64 bits per heavy atom. The lowest BCUT2D eigenvalue weighted by atomic mass is 9.91. The highest BCUT2D eigenvalue weighted by Crippen LogP contribution is 2.51. The summed E-state index contributed by atoms with van der Waals surface area (Å²) in [6.45, 7) is 2.56. The molecule has 0 aliphatic heterocycles. The van der Waals surface area contributed by atoms with Gasteiger partial charge < -0.3 is 5.73 Å². The minimum atomic E-state index is -0.0593. The average molecular weight is 193 g/mol. The van der Waals surface area contributed by atoms with Gasteiger partial charge in [-0.2, -0.15) is 0 Å². The van der Waals surface area contributed by atoms with Crippen molar-refractivity contribution in [3.8, 4) is 0 Å². The van der Waals surface area contributed by atoms with Crippen LogP contribution in [0.3, 0.4) is 0 Å². The van der Waals surface area contributed by atoms with Crippen LogP contribution in [0.2, 0.25) is 0 Å². The van der Waals surface area contributed by atoms with E-state index in [1.165, 1.54) is 0 Å². The van der Waals surface area contributed by atoms with Crippen LogP contribution in [0.15, 0.2) is 18.2 Å². The number of halogens is 1. The zero-order chi connectivity index (χ0) is 10.2. The van der Waals surface area contributed by atoms with E-state index in [2.05, 4.69) is 0 Å². The smallest absolute Gasteiger partial charge is 0.127 e. The highest BCUT2D eigenvalue weighted by Gasteiger charge is 2.44. The van der Waals surface area contributed by atoms with Crippen molar-refractivity contribution in [2.24, 2.45) is 5.73 Å². The third-order valence-corrected chi connectivity index (χ3v) is 3.17. The first-order valence-corrected chi connectivity index (χ1v) is 5.15. The molecular weight excluding hydrogens is 177 g/mol. The Hall–Kier alpha value is -0.890. The normalized spacial score (nSPS) is 18.2. The SMILES string of the molecule is Cc1ccc(C2(CCN)CC2)c(F)c1. The second-order valence-electron chi connectivity index (χ2n) is 4.30. The third-order valence-electron chi connectivity index (χ3n) is 3.17. The molecule has 0 bridgehead atoms. The second kappa shape index (κ2) is 3.35. The lowest BCUT2D eigenvalue weighted by Crippen LogP contribution is -2.15. The van der Waals surface area contributed by atoms with Gasteiger partial charge in [0.2, 0.25) is 0 Å². The number of benzene rings is 1. The van der Waals surface area contributed by atoms with E-state index in [-0.39, 0.29) is 11.2 Å². The number of hydrogen-bond acceptors (Lipinski definition) is 1. The molecule has 0 radical (unpaired) electrons. The predicted molar refractivity (Wildman–Crippen MR) is 55.7 cm³/mol. The highest BCUT2D eigenvalue weighted by atomic mass is 19.1. The number of hydrogen-bond donors (Lipinski definition) is 1. The summed E-state index contributed by atoms with van der Waals surface area (Å²) < 4.78 is 13.7. The number of aryl methyl sites for hydroxylation is 1. The number of nitrogens with two attached hydrogens (primary N) is 1. The Bertz CT molecular complexity index is 342. The van der Waals surface area contributed by atoms with E-state index in [9.17, 15) is 4.39 Å². The molecule has 0 spiro atoms. The fourth-order valence-corrected chi connectivity index (χ4v) is 2.13. The van der Waals surface area contributed by atoms with Gasteiger partial charge in [-0.05, 0) is 55.3 Å². The molecule has 1 aromatic rings. The Morgan fingerprint density at radius 2 is 2.14 bits per heavy atom. The molecule has 2 rings (SSSR count). The van der Waals surface area contributed by atoms with E-state index >= 15 is 0 Å². The van der Waals surface area contributed by atoms with E-state index in [0.717, 1.165) is 30.4 Å².